The van der Waals surface area contributed by atoms with Gasteiger partial charge in [-0.25, -0.2) is 9.97 Å². The Bertz CT molecular complexity index is 1680. The van der Waals surface area contributed by atoms with Crippen LogP contribution in [0, 0.1) is 0 Å². The highest BCUT2D eigenvalue weighted by Crippen LogP contribution is 2.40. The zero-order valence-electron chi connectivity index (χ0n) is 19.9. The maximum Gasteiger partial charge on any atom is 0.259 e. The predicted octanol–water partition coefficient (Wildman–Crippen LogP) is 4.30. The number of phenolic OH excluding ortho intramolecular Hbond substituents is 1. The molecule has 2 aromatic heterocycles. The van der Waals surface area contributed by atoms with Gasteiger partial charge < -0.3 is 20.9 Å². The molecule has 0 fully saturated rings. The van der Waals surface area contributed by atoms with Gasteiger partial charge in [-0.2, -0.15) is 9.78 Å². The molecule has 0 aliphatic rings. The summed E-state index contributed by atoms with van der Waals surface area (Å²) in [6.45, 7) is 0. The Kier molecular flexibility index (Phi) is 6.42. The number of ether oxygens (including phenoxy) is 1. The number of primary amides is 1. The van der Waals surface area contributed by atoms with Gasteiger partial charge in [-0.3, -0.25) is 9.59 Å². The van der Waals surface area contributed by atoms with Gasteiger partial charge in [0.25, 0.3) is 17.8 Å². The number of benzene rings is 3. The number of carbonyl (C=O) groups is 2. The number of phenols is 1. The van der Waals surface area contributed by atoms with E-state index in [-0.39, 0.29) is 28.6 Å². The maximum absolute atomic E-state index is 13.1. The SMILES string of the molecule is COc1ccc(NC(=O)c2cc3ccccc3c(/N=N/c3c(C(N)=O)cnn3-c3ncccn3)c2O)cc1. The Morgan fingerprint density at radius 3 is 2.45 bits per heavy atom. The largest absolute Gasteiger partial charge is 0.505 e. The molecule has 0 saturated carbocycles. The van der Waals surface area contributed by atoms with E-state index in [4.69, 9.17) is 10.5 Å². The number of amides is 2. The van der Waals surface area contributed by atoms with E-state index in [0.717, 1.165) is 0 Å². The standard InChI is InChI=1S/C26H20N8O4/c1-38-17-9-7-16(8-10-17)31-25(37)19-13-15-5-2-3-6-18(15)21(22(19)35)32-33-24-20(23(27)36)14-30-34(24)26-28-11-4-12-29-26/h2-14,35H,1H3,(H2,27,36)(H,31,37)/b33-32+. The van der Waals surface area contributed by atoms with Crippen molar-refractivity contribution >= 4 is 39.8 Å². The minimum absolute atomic E-state index is 0.0140. The van der Waals surface area contributed by atoms with E-state index in [2.05, 4.69) is 30.6 Å². The highest BCUT2D eigenvalue weighted by Gasteiger charge is 2.21. The molecule has 12 nitrogen and oxygen atoms in total. The van der Waals surface area contributed by atoms with Gasteiger partial charge in [0, 0.05) is 23.5 Å². The van der Waals surface area contributed by atoms with Gasteiger partial charge in [0.2, 0.25) is 0 Å². The molecule has 4 N–H and O–H groups in total. The number of nitrogens with two attached hydrogens (primary N) is 1. The molecule has 0 radical (unpaired) electrons. The Balaban J connectivity index is 1.59. The van der Waals surface area contributed by atoms with Crippen molar-refractivity contribution in [2.45, 2.75) is 0 Å². The summed E-state index contributed by atoms with van der Waals surface area (Å²) in [5.74, 6) is -1.02. The Hall–Kier alpha value is -5.65. The molecule has 0 aliphatic heterocycles. The first-order valence-corrected chi connectivity index (χ1v) is 11.2. The van der Waals surface area contributed by atoms with E-state index in [1.165, 1.54) is 23.3 Å². The summed E-state index contributed by atoms with van der Waals surface area (Å²) >= 11 is 0. The Morgan fingerprint density at radius 1 is 1.00 bits per heavy atom. The van der Waals surface area contributed by atoms with Gasteiger partial charge >= 0.3 is 0 Å². The summed E-state index contributed by atoms with van der Waals surface area (Å²) in [5.41, 5.74) is 5.97. The number of azo groups is 1. The topological polar surface area (TPSA) is 170 Å². The lowest BCUT2D eigenvalue weighted by Gasteiger charge is -2.11. The van der Waals surface area contributed by atoms with Crippen molar-refractivity contribution in [2.75, 3.05) is 12.4 Å². The lowest BCUT2D eigenvalue weighted by atomic mass is 10.0. The van der Waals surface area contributed by atoms with Crippen LogP contribution < -0.4 is 15.8 Å². The second-order valence-electron chi connectivity index (χ2n) is 7.93. The summed E-state index contributed by atoms with van der Waals surface area (Å²) in [5, 5.41) is 27.6. The molecule has 0 unspecified atom stereocenters. The number of rotatable bonds is 7. The average molecular weight is 508 g/mol. The molecule has 0 atom stereocenters. The number of methoxy groups -OCH3 is 1. The van der Waals surface area contributed by atoms with Crippen LogP contribution in [-0.2, 0) is 0 Å². The first-order chi connectivity index (χ1) is 18.5. The molecule has 0 saturated heterocycles. The third-order valence-corrected chi connectivity index (χ3v) is 5.58. The molecule has 12 heteroatoms. The number of nitrogens with zero attached hydrogens (tertiary/aromatic N) is 6. The number of hydrogen-bond donors (Lipinski definition) is 3. The van der Waals surface area contributed by atoms with E-state index < -0.39 is 17.6 Å². The highest BCUT2D eigenvalue weighted by molar-refractivity contribution is 6.11. The third kappa shape index (κ3) is 4.60. The Morgan fingerprint density at radius 2 is 1.74 bits per heavy atom. The number of aromatic hydroxyl groups is 1. The predicted molar refractivity (Wildman–Crippen MR) is 138 cm³/mol. The van der Waals surface area contributed by atoms with Gasteiger partial charge in [-0.05, 0) is 41.8 Å². The average Bonchev–Trinajstić information content (AvgIpc) is 3.37. The highest BCUT2D eigenvalue weighted by atomic mass is 16.5. The number of fused-ring (bicyclic) bond motifs is 1. The number of carbonyl (C=O) groups excluding carboxylic acids is 2. The maximum atomic E-state index is 13.1. The van der Waals surface area contributed by atoms with Crippen LogP contribution in [0.25, 0.3) is 16.7 Å². The molecular weight excluding hydrogens is 488 g/mol. The fraction of sp³-hybridized carbons (Fsp3) is 0.0385. The second kappa shape index (κ2) is 10.1. The van der Waals surface area contributed by atoms with Crippen LogP contribution in [-0.4, -0.2) is 43.8 Å². The normalized spacial score (nSPS) is 11.1. The van der Waals surface area contributed by atoms with E-state index in [1.807, 2.05) is 0 Å². The Labute approximate surface area is 215 Å². The van der Waals surface area contributed by atoms with Gasteiger partial charge in [-0.15, -0.1) is 10.2 Å². The second-order valence-corrected chi connectivity index (χ2v) is 7.93. The lowest BCUT2D eigenvalue weighted by molar-refractivity contribution is 0.0997. The molecule has 0 spiro atoms. The van der Waals surface area contributed by atoms with Gasteiger partial charge in [0.15, 0.2) is 11.6 Å². The number of aromatic nitrogens is 4. The van der Waals surface area contributed by atoms with Crippen LogP contribution in [0.1, 0.15) is 20.7 Å². The van der Waals surface area contributed by atoms with E-state index in [9.17, 15) is 14.7 Å². The fourth-order valence-corrected chi connectivity index (χ4v) is 3.72. The first kappa shape index (κ1) is 24.1. The smallest absolute Gasteiger partial charge is 0.259 e. The van der Waals surface area contributed by atoms with Crippen molar-refractivity contribution in [1.29, 1.82) is 0 Å². The third-order valence-electron chi connectivity index (χ3n) is 5.58. The minimum atomic E-state index is -0.789. The van der Waals surface area contributed by atoms with Crippen LogP contribution >= 0.6 is 0 Å². The number of anilines is 1. The zero-order chi connectivity index (χ0) is 26.6. The van der Waals surface area contributed by atoms with Gasteiger partial charge in [-0.1, -0.05) is 24.3 Å². The molecule has 5 rings (SSSR count). The first-order valence-electron chi connectivity index (χ1n) is 11.2. The van der Waals surface area contributed by atoms with Crippen molar-refractivity contribution in [2.24, 2.45) is 16.0 Å². The van der Waals surface area contributed by atoms with Gasteiger partial charge in [0.05, 0.1) is 18.9 Å². The summed E-state index contributed by atoms with van der Waals surface area (Å²) in [4.78, 5) is 33.4. The number of hydrogen-bond acceptors (Lipinski definition) is 9. The molecule has 188 valence electrons. The van der Waals surface area contributed by atoms with E-state index in [1.54, 1.807) is 67.8 Å². The van der Waals surface area contributed by atoms with E-state index >= 15 is 0 Å². The molecule has 38 heavy (non-hydrogen) atoms. The molecule has 0 aliphatic carbocycles. The zero-order valence-corrected chi connectivity index (χ0v) is 19.9. The van der Waals surface area contributed by atoms with Crippen molar-refractivity contribution in [3.8, 4) is 17.4 Å². The molecule has 0 bridgehead atoms. The van der Waals surface area contributed by atoms with Crippen LogP contribution in [0.3, 0.4) is 0 Å². The minimum Gasteiger partial charge on any atom is -0.505 e. The van der Waals surface area contributed by atoms with Crippen molar-refractivity contribution in [1.82, 2.24) is 19.7 Å². The van der Waals surface area contributed by atoms with Gasteiger partial charge in [0.1, 0.15) is 17.0 Å². The van der Waals surface area contributed by atoms with E-state index in [0.29, 0.717) is 22.2 Å². The summed E-state index contributed by atoms with van der Waals surface area (Å²) in [6.07, 6.45) is 4.22. The van der Waals surface area contributed by atoms with Crippen LogP contribution in [0.5, 0.6) is 11.5 Å². The van der Waals surface area contributed by atoms with Crippen molar-refractivity contribution in [3.05, 3.63) is 90.4 Å². The van der Waals surface area contributed by atoms with Crippen molar-refractivity contribution < 1.29 is 19.4 Å². The van der Waals surface area contributed by atoms with Crippen LogP contribution in [0.4, 0.5) is 17.2 Å². The summed E-state index contributed by atoms with van der Waals surface area (Å²) in [7, 11) is 1.54. The fourth-order valence-electron chi connectivity index (χ4n) is 3.72. The molecule has 2 heterocycles. The quantitative estimate of drug-likeness (QED) is 0.275. The lowest BCUT2D eigenvalue weighted by Crippen LogP contribution is -2.12. The molecule has 2 amide bonds. The molecule has 3 aromatic carbocycles. The monoisotopic (exact) mass is 508 g/mol. The number of nitrogens with one attached hydrogen (secondary N) is 1. The molecule has 5 aromatic rings. The molecular formula is C26H20N8O4. The van der Waals surface area contributed by atoms with Crippen LogP contribution in [0.15, 0.2) is 89.5 Å². The van der Waals surface area contributed by atoms with Crippen LogP contribution in [0.2, 0.25) is 0 Å². The summed E-state index contributed by atoms with van der Waals surface area (Å²) in [6, 6.07) is 17.0. The van der Waals surface area contributed by atoms with Crippen molar-refractivity contribution in [3.63, 3.8) is 0 Å². The summed E-state index contributed by atoms with van der Waals surface area (Å²) < 4.78 is 6.34.